The molecular weight excluding hydrogens is 196 g/mol. The normalized spacial score (nSPS) is 58.7. The molecule has 1 N–H and O–H groups in total. The highest BCUT2D eigenvalue weighted by Crippen LogP contribution is 2.71. The van der Waals surface area contributed by atoms with Crippen molar-refractivity contribution >= 4 is 0 Å². The van der Waals surface area contributed by atoms with E-state index in [0.29, 0.717) is 22.7 Å². The molecule has 0 aromatic carbocycles. The van der Waals surface area contributed by atoms with Gasteiger partial charge in [-0.05, 0) is 60.7 Å². The Morgan fingerprint density at radius 3 is 2.44 bits per heavy atom. The molecule has 3 aliphatic rings. The van der Waals surface area contributed by atoms with Crippen molar-refractivity contribution in [3.05, 3.63) is 0 Å². The Kier molecular flexibility index (Phi) is 1.98. The molecule has 3 saturated carbocycles. The summed E-state index contributed by atoms with van der Waals surface area (Å²) in [6.45, 7) is 9.57. The first-order valence-corrected chi connectivity index (χ1v) is 7.02. The van der Waals surface area contributed by atoms with E-state index in [1.54, 1.807) is 0 Å². The molecule has 3 aliphatic carbocycles. The van der Waals surface area contributed by atoms with Crippen LogP contribution >= 0.6 is 0 Å². The SMILES string of the molecule is C[C@H]1CC[C@@H]2[C@@H]3[C@@](C)(CC[C@]31O)CC2(C)C. The Labute approximate surface area is 99.6 Å². The summed E-state index contributed by atoms with van der Waals surface area (Å²) in [5.74, 6) is 1.87. The lowest BCUT2D eigenvalue weighted by Crippen LogP contribution is -2.49. The summed E-state index contributed by atoms with van der Waals surface area (Å²) in [6.07, 6.45) is 6.21. The van der Waals surface area contributed by atoms with Gasteiger partial charge in [-0.1, -0.05) is 27.7 Å². The van der Waals surface area contributed by atoms with Gasteiger partial charge in [-0.3, -0.25) is 0 Å². The first kappa shape index (κ1) is 11.1. The van der Waals surface area contributed by atoms with Gasteiger partial charge in [-0.15, -0.1) is 0 Å². The summed E-state index contributed by atoms with van der Waals surface area (Å²) < 4.78 is 0. The quantitative estimate of drug-likeness (QED) is 0.664. The number of hydrogen-bond acceptors (Lipinski definition) is 1. The third-order valence-corrected chi connectivity index (χ3v) is 6.42. The lowest BCUT2D eigenvalue weighted by Gasteiger charge is -2.47. The maximum atomic E-state index is 11.1. The van der Waals surface area contributed by atoms with Crippen molar-refractivity contribution in [2.45, 2.75) is 65.4 Å². The average molecular weight is 222 g/mol. The highest BCUT2D eigenvalue weighted by Gasteiger charge is 2.67. The second kappa shape index (κ2) is 2.85. The molecule has 0 aromatic rings. The summed E-state index contributed by atoms with van der Waals surface area (Å²) in [4.78, 5) is 0. The van der Waals surface area contributed by atoms with E-state index in [2.05, 4.69) is 27.7 Å². The molecule has 0 bridgehead atoms. The topological polar surface area (TPSA) is 20.2 Å². The Hall–Kier alpha value is -0.0400. The van der Waals surface area contributed by atoms with Crippen molar-refractivity contribution < 1.29 is 5.11 Å². The standard InChI is InChI=1S/C15H26O/c1-10-5-6-11-12-14(4,9-13(11,2)3)7-8-15(10,12)16/h10-12,16H,5-9H2,1-4H3/t10-,11+,12+,14-,15+/m0/s1. The van der Waals surface area contributed by atoms with E-state index in [0.717, 1.165) is 12.3 Å². The highest BCUT2D eigenvalue weighted by molar-refractivity contribution is 5.17. The number of hydrogen-bond donors (Lipinski definition) is 1. The molecule has 0 radical (unpaired) electrons. The van der Waals surface area contributed by atoms with Crippen LogP contribution in [-0.2, 0) is 0 Å². The molecule has 16 heavy (non-hydrogen) atoms. The molecule has 0 spiro atoms. The van der Waals surface area contributed by atoms with E-state index in [1.165, 1.54) is 25.7 Å². The zero-order valence-corrected chi connectivity index (χ0v) is 11.2. The minimum atomic E-state index is -0.328. The Morgan fingerprint density at radius 2 is 1.75 bits per heavy atom. The predicted molar refractivity (Wildman–Crippen MR) is 66.1 cm³/mol. The summed E-state index contributed by atoms with van der Waals surface area (Å²) >= 11 is 0. The lowest BCUT2D eigenvalue weighted by atomic mass is 9.61. The number of rotatable bonds is 0. The maximum absolute atomic E-state index is 11.1. The van der Waals surface area contributed by atoms with E-state index >= 15 is 0 Å². The molecule has 3 fully saturated rings. The minimum Gasteiger partial charge on any atom is -0.389 e. The van der Waals surface area contributed by atoms with Gasteiger partial charge < -0.3 is 5.11 Å². The molecule has 3 rings (SSSR count). The molecule has 1 heteroatoms. The number of aliphatic hydroxyl groups is 1. The minimum absolute atomic E-state index is 0.328. The van der Waals surface area contributed by atoms with Gasteiger partial charge in [0.05, 0.1) is 5.60 Å². The van der Waals surface area contributed by atoms with Gasteiger partial charge in [0.2, 0.25) is 0 Å². The second-order valence-corrected chi connectivity index (χ2v) is 7.87. The molecule has 0 amide bonds. The third-order valence-electron chi connectivity index (χ3n) is 6.42. The van der Waals surface area contributed by atoms with Crippen molar-refractivity contribution in [3.8, 4) is 0 Å². The first-order chi connectivity index (χ1) is 7.30. The van der Waals surface area contributed by atoms with Gasteiger partial charge in [0, 0.05) is 0 Å². The highest BCUT2D eigenvalue weighted by atomic mass is 16.3. The zero-order chi connectivity index (χ0) is 11.8. The van der Waals surface area contributed by atoms with Gasteiger partial charge >= 0.3 is 0 Å². The van der Waals surface area contributed by atoms with Gasteiger partial charge in [-0.2, -0.15) is 0 Å². The van der Waals surface area contributed by atoms with Crippen LogP contribution in [0.15, 0.2) is 0 Å². The van der Waals surface area contributed by atoms with Crippen LogP contribution in [0.3, 0.4) is 0 Å². The summed E-state index contributed by atoms with van der Waals surface area (Å²) in [6, 6.07) is 0. The largest absolute Gasteiger partial charge is 0.389 e. The van der Waals surface area contributed by atoms with E-state index in [1.807, 2.05) is 0 Å². The van der Waals surface area contributed by atoms with Crippen LogP contribution in [0.5, 0.6) is 0 Å². The Bertz CT molecular complexity index is 321. The van der Waals surface area contributed by atoms with Crippen molar-refractivity contribution in [1.29, 1.82) is 0 Å². The van der Waals surface area contributed by atoms with E-state index < -0.39 is 0 Å². The Balaban J connectivity index is 2.07. The van der Waals surface area contributed by atoms with Gasteiger partial charge in [0.25, 0.3) is 0 Å². The van der Waals surface area contributed by atoms with Crippen molar-refractivity contribution in [1.82, 2.24) is 0 Å². The van der Waals surface area contributed by atoms with Gasteiger partial charge in [0.1, 0.15) is 0 Å². The Morgan fingerprint density at radius 1 is 1.06 bits per heavy atom. The first-order valence-electron chi connectivity index (χ1n) is 7.02. The molecule has 0 saturated heterocycles. The predicted octanol–water partition coefficient (Wildman–Crippen LogP) is 3.61. The van der Waals surface area contributed by atoms with Crippen molar-refractivity contribution in [3.63, 3.8) is 0 Å². The summed E-state index contributed by atoms with van der Waals surface area (Å²) in [7, 11) is 0. The zero-order valence-electron chi connectivity index (χ0n) is 11.2. The summed E-state index contributed by atoms with van der Waals surface area (Å²) in [5, 5.41) is 11.1. The van der Waals surface area contributed by atoms with E-state index in [4.69, 9.17) is 0 Å². The average Bonchev–Trinajstić information content (AvgIpc) is 2.53. The molecular formula is C15H26O. The lowest BCUT2D eigenvalue weighted by molar-refractivity contribution is -0.110. The van der Waals surface area contributed by atoms with Crippen molar-refractivity contribution in [2.75, 3.05) is 0 Å². The molecule has 0 aliphatic heterocycles. The monoisotopic (exact) mass is 222 g/mol. The van der Waals surface area contributed by atoms with Crippen LogP contribution in [0.2, 0.25) is 0 Å². The van der Waals surface area contributed by atoms with Crippen LogP contribution in [0.25, 0.3) is 0 Å². The van der Waals surface area contributed by atoms with Crippen LogP contribution in [0, 0.1) is 28.6 Å². The second-order valence-electron chi connectivity index (χ2n) is 7.87. The van der Waals surface area contributed by atoms with E-state index in [-0.39, 0.29) is 5.60 Å². The summed E-state index contributed by atoms with van der Waals surface area (Å²) in [5.41, 5.74) is 0.553. The van der Waals surface area contributed by atoms with Gasteiger partial charge in [0.15, 0.2) is 0 Å². The van der Waals surface area contributed by atoms with Gasteiger partial charge in [-0.25, -0.2) is 0 Å². The molecule has 0 aromatic heterocycles. The van der Waals surface area contributed by atoms with Crippen LogP contribution in [0.1, 0.15) is 59.8 Å². The smallest absolute Gasteiger partial charge is 0.0709 e. The van der Waals surface area contributed by atoms with E-state index in [9.17, 15) is 5.11 Å². The fourth-order valence-corrected chi connectivity index (χ4v) is 5.85. The molecule has 0 heterocycles. The molecule has 0 unspecified atom stereocenters. The molecule has 1 nitrogen and oxygen atoms in total. The fraction of sp³-hybridized carbons (Fsp3) is 1.00. The molecule has 5 atom stereocenters. The van der Waals surface area contributed by atoms with Crippen LogP contribution in [-0.4, -0.2) is 10.7 Å². The fourth-order valence-electron chi connectivity index (χ4n) is 5.85. The van der Waals surface area contributed by atoms with Crippen LogP contribution in [0.4, 0.5) is 0 Å². The third kappa shape index (κ3) is 1.11. The maximum Gasteiger partial charge on any atom is 0.0709 e. The van der Waals surface area contributed by atoms with Crippen molar-refractivity contribution in [2.24, 2.45) is 28.6 Å². The molecule has 92 valence electrons. The van der Waals surface area contributed by atoms with Crippen LogP contribution < -0.4 is 0 Å².